The molecule has 1 aromatic heterocycles. The minimum Gasteiger partial charge on any atom is -0.292 e. The molecule has 0 saturated carbocycles. The molecule has 0 N–H and O–H groups in total. The van der Waals surface area contributed by atoms with Crippen molar-refractivity contribution in [1.82, 2.24) is 9.88 Å². The average Bonchev–Trinajstić information content (AvgIpc) is 2.56. The van der Waals surface area contributed by atoms with Crippen LogP contribution < -0.4 is 0 Å². The predicted octanol–water partition coefficient (Wildman–Crippen LogP) is 3.73. The van der Waals surface area contributed by atoms with Crippen LogP contribution in [0.1, 0.15) is 31.4 Å². The van der Waals surface area contributed by atoms with E-state index >= 15 is 0 Å². The summed E-state index contributed by atoms with van der Waals surface area (Å²) in [6, 6.07) is 5.75. The monoisotopic (exact) mass is 358 g/mol. The van der Waals surface area contributed by atoms with Gasteiger partial charge in [-0.25, -0.2) is 0 Å². The summed E-state index contributed by atoms with van der Waals surface area (Å²) in [5.74, 6) is 0. The highest BCUT2D eigenvalue weighted by Crippen LogP contribution is 2.39. The van der Waals surface area contributed by atoms with E-state index in [1.165, 1.54) is 31.4 Å². The van der Waals surface area contributed by atoms with Crippen LogP contribution in [0.25, 0.3) is 0 Å². The third kappa shape index (κ3) is 2.59. The lowest BCUT2D eigenvalue weighted by Crippen LogP contribution is -2.42. The van der Waals surface area contributed by atoms with Gasteiger partial charge in [-0.1, -0.05) is 15.9 Å². The summed E-state index contributed by atoms with van der Waals surface area (Å²) >= 11 is 7.22. The average molecular weight is 360 g/mol. The van der Waals surface area contributed by atoms with Gasteiger partial charge in [0.25, 0.3) is 0 Å². The molecule has 3 heterocycles. The van der Waals surface area contributed by atoms with Crippen LogP contribution in [0.3, 0.4) is 0 Å². The zero-order chi connectivity index (χ0) is 11.8. The Kier molecular flexibility index (Phi) is 3.55. The van der Waals surface area contributed by atoms with Crippen LogP contribution in [0.4, 0.5) is 0 Å². The molecule has 0 radical (unpaired) electrons. The fourth-order valence-corrected chi connectivity index (χ4v) is 4.25. The molecule has 2 bridgehead atoms. The summed E-state index contributed by atoms with van der Waals surface area (Å²) in [7, 11) is 0. The third-order valence-electron chi connectivity index (χ3n) is 3.96. The van der Waals surface area contributed by atoms with Crippen LogP contribution in [0, 0.1) is 0 Å². The number of alkyl halides is 1. The number of halogens is 2. The SMILES string of the molecule is Brc1ccc(CN2C3CCC2CC(Br)C3)nc1. The molecular formula is C13H16Br2N2. The minimum absolute atomic E-state index is 0.731. The Morgan fingerprint density at radius 3 is 2.53 bits per heavy atom. The lowest BCUT2D eigenvalue weighted by molar-refractivity contribution is 0.135. The van der Waals surface area contributed by atoms with Crippen molar-refractivity contribution in [3.63, 3.8) is 0 Å². The number of nitrogens with zero attached hydrogens (tertiary/aromatic N) is 2. The first-order valence-corrected chi connectivity index (χ1v) is 7.93. The van der Waals surface area contributed by atoms with Crippen molar-refractivity contribution in [3.05, 3.63) is 28.5 Å². The smallest absolute Gasteiger partial charge is 0.0545 e. The molecule has 17 heavy (non-hydrogen) atoms. The Morgan fingerprint density at radius 2 is 1.94 bits per heavy atom. The van der Waals surface area contributed by atoms with Crippen molar-refractivity contribution in [3.8, 4) is 0 Å². The zero-order valence-electron chi connectivity index (χ0n) is 9.65. The molecule has 0 spiro atoms. The molecule has 2 unspecified atom stereocenters. The van der Waals surface area contributed by atoms with E-state index in [1.54, 1.807) is 0 Å². The number of fused-ring (bicyclic) bond motifs is 2. The van der Waals surface area contributed by atoms with Crippen LogP contribution in [0.15, 0.2) is 22.8 Å². The molecule has 2 fully saturated rings. The lowest BCUT2D eigenvalue weighted by atomic mass is 10.0. The molecule has 2 atom stereocenters. The number of pyridine rings is 1. The normalized spacial score (nSPS) is 32.9. The van der Waals surface area contributed by atoms with Gasteiger partial charge >= 0.3 is 0 Å². The van der Waals surface area contributed by atoms with E-state index in [2.05, 4.69) is 53.9 Å². The van der Waals surface area contributed by atoms with Gasteiger partial charge in [-0.05, 0) is 53.7 Å². The predicted molar refractivity (Wildman–Crippen MR) is 76.2 cm³/mol. The van der Waals surface area contributed by atoms with Crippen molar-refractivity contribution < 1.29 is 0 Å². The molecule has 0 amide bonds. The van der Waals surface area contributed by atoms with Gasteiger partial charge in [0.2, 0.25) is 0 Å². The van der Waals surface area contributed by atoms with Gasteiger partial charge in [0, 0.05) is 34.1 Å². The second-order valence-corrected chi connectivity index (χ2v) is 7.30. The van der Waals surface area contributed by atoms with Gasteiger partial charge in [0.1, 0.15) is 0 Å². The summed E-state index contributed by atoms with van der Waals surface area (Å²) in [5, 5.41) is 0. The van der Waals surface area contributed by atoms with Gasteiger partial charge in [-0.2, -0.15) is 0 Å². The minimum atomic E-state index is 0.731. The molecule has 2 nitrogen and oxygen atoms in total. The molecule has 0 aromatic carbocycles. The maximum absolute atomic E-state index is 4.49. The topological polar surface area (TPSA) is 16.1 Å². The van der Waals surface area contributed by atoms with Gasteiger partial charge < -0.3 is 0 Å². The van der Waals surface area contributed by atoms with Crippen molar-refractivity contribution in [2.75, 3.05) is 0 Å². The maximum Gasteiger partial charge on any atom is 0.0545 e. The Hall–Kier alpha value is 0.0700. The largest absolute Gasteiger partial charge is 0.292 e. The zero-order valence-corrected chi connectivity index (χ0v) is 12.8. The number of hydrogen-bond donors (Lipinski definition) is 0. The van der Waals surface area contributed by atoms with Crippen molar-refractivity contribution in [2.24, 2.45) is 0 Å². The molecule has 0 aliphatic carbocycles. The highest BCUT2D eigenvalue weighted by Gasteiger charge is 2.39. The van der Waals surface area contributed by atoms with Crippen molar-refractivity contribution in [1.29, 1.82) is 0 Å². The highest BCUT2D eigenvalue weighted by molar-refractivity contribution is 9.10. The van der Waals surface area contributed by atoms with Crippen LogP contribution in [0.2, 0.25) is 0 Å². The first-order valence-electron chi connectivity index (χ1n) is 6.22. The van der Waals surface area contributed by atoms with E-state index in [1.807, 2.05) is 6.20 Å². The second-order valence-electron chi connectivity index (χ2n) is 5.09. The van der Waals surface area contributed by atoms with Crippen LogP contribution in [-0.4, -0.2) is 26.8 Å². The van der Waals surface area contributed by atoms with Gasteiger partial charge in [-0.3, -0.25) is 9.88 Å². The first kappa shape index (κ1) is 12.1. The van der Waals surface area contributed by atoms with E-state index in [-0.39, 0.29) is 0 Å². The van der Waals surface area contributed by atoms with E-state index in [0.29, 0.717) is 0 Å². The van der Waals surface area contributed by atoms with Crippen LogP contribution >= 0.6 is 31.9 Å². The third-order valence-corrected chi connectivity index (χ3v) is 5.18. The number of aromatic nitrogens is 1. The first-order chi connectivity index (χ1) is 8.22. The van der Waals surface area contributed by atoms with Crippen LogP contribution in [0.5, 0.6) is 0 Å². The molecule has 4 heteroatoms. The molecule has 92 valence electrons. The highest BCUT2D eigenvalue weighted by atomic mass is 79.9. The quantitative estimate of drug-likeness (QED) is 0.748. The summed E-state index contributed by atoms with van der Waals surface area (Å²) in [6.45, 7) is 1.02. The maximum atomic E-state index is 4.49. The van der Waals surface area contributed by atoms with E-state index in [9.17, 15) is 0 Å². The Balaban J connectivity index is 1.72. The number of hydrogen-bond acceptors (Lipinski definition) is 2. The Bertz CT molecular complexity index is 379. The van der Waals surface area contributed by atoms with Crippen molar-refractivity contribution >= 4 is 31.9 Å². The Morgan fingerprint density at radius 1 is 1.24 bits per heavy atom. The van der Waals surface area contributed by atoms with E-state index in [4.69, 9.17) is 0 Å². The standard InChI is InChI=1S/C13H16Br2N2/c14-9-1-2-11(16-7-9)8-17-12-3-4-13(17)6-10(15)5-12/h1-2,7,10,12-13H,3-6,8H2. The molecule has 2 aliphatic rings. The summed E-state index contributed by atoms with van der Waals surface area (Å²) in [5.41, 5.74) is 1.19. The Labute approximate surface area is 119 Å². The lowest BCUT2D eigenvalue weighted by Gasteiger charge is -2.36. The number of piperidine rings is 1. The van der Waals surface area contributed by atoms with Crippen LogP contribution in [-0.2, 0) is 6.54 Å². The number of rotatable bonds is 2. The summed E-state index contributed by atoms with van der Waals surface area (Å²) in [4.78, 5) is 7.88. The molecule has 1 aromatic rings. The molecule has 2 aliphatic heterocycles. The van der Waals surface area contributed by atoms with E-state index < -0.39 is 0 Å². The second kappa shape index (κ2) is 4.98. The fraction of sp³-hybridized carbons (Fsp3) is 0.615. The molecule has 2 saturated heterocycles. The van der Waals surface area contributed by atoms with Gasteiger partial charge in [0.05, 0.1) is 5.69 Å². The van der Waals surface area contributed by atoms with Crippen molar-refractivity contribution in [2.45, 2.75) is 49.1 Å². The summed E-state index contributed by atoms with van der Waals surface area (Å²) in [6.07, 6.45) is 7.22. The fourth-order valence-electron chi connectivity index (χ4n) is 3.15. The van der Waals surface area contributed by atoms with Gasteiger partial charge in [-0.15, -0.1) is 0 Å². The molecular weight excluding hydrogens is 344 g/mol. The molecule has 3 rings (SSSR count). The van der Waals surface area contributed by atoms with E-state index in [0.717, 1.165) is 27.9 Å². The summed E-state index contributed by atoms with van der Waals surface area (Å²) < 4.78 is 1.06. The van der Waals surface area contributed by atoms with Gasteiger partial charge in [0.15, 0.2) is 0 Å².